The largest absolute Gasteiger partial charge is 0.416 e. The Balaban J connectivity index is 2.13. The quantitative estimate of drug-likeness (QED) is 0.787. The van der Waals surface area contributed by atoms with Gasteiger partial charge in [0.05, 0.1) is 17.0 Å². The lowest BCUT2D eigenvalue weighted by Gasteiger charge is -2.47. The molecule has 142 valence electrons. The van der Waals surface area contributed by atoms with Crippen LogP contribution in [-0.2, 0) is 16.5 Å². The molecule has 7 heteroatoms. The molecule has 0 aromatic heterocycles. The van der Waals surface area contributed by atoms with Crippen LogP contribution >= 0.6 is 0 Å². The third kappa shape index (κ3) is 3.29. The fraction of sp³-hybridized carbons (Fsp3) is 0.250. The first-order valence-corrected chi connectivity index (χ1v) is 8.22. The predicted molar refractivity (Wildman–Crippen MR) is 93.0 cm³/mol. The maximum atomic E-state index is 13.8. The average Bonchev–Trinajstić information content (AvgIpc) is 2.59. The van der Waals surface area contributed by atoms with Gasteiger partial charge in [-0.05, 0) is 42.3 Å². The molecular weight excluding hydrogens is 360 g/mol. The molecule has 0 saturated carbocycles. The van der Waals surface area contributed by atoms with Crippen molar-refractivity contribution in [2.45, 2.75) is 24.6 Å². The molecule has 1 aliphatic rings. The molecule has 1 N–H and O–H groups in total. The number of amides is 1. The predicted octanol–water partition coefficient (Wildman–Crippen LogP) is 4.38. The number of carbonyl (C=O) groups excluding carboxylic acids is 1. The van der Waals surface area contributed by atoms with Gasteiger partial charge in [0, 0.05) is 7.05 Å². The Morgan fingerprint density at radius 3 is 2.33 bits per heavy atom. The highest BCUT2D eigenvalue weighted by molar-refractivity contribution is 5.88. The Kier molecular flexibility index (Phi) is 4.49. The van der Waals surface area contributed by atoms with Crippen LogP contribution in [0.5, 0.6) is 0 Å². The van der Waals surface area contributed by atoms with E-state index < -0.39 is 29.0 Å². The molecule has 1 fully saturated rings. The molecule has 2 aromatic rings. The summed E-state index contributed by atoms with van der Waals surface area (Å²) in [4.78, 5) is 14.3. The van der Waals surface area contributed by atoms with Gasteiger partial charge in [-0.3, -0.25) is 4.79 Å². The fourth-order valence-corrected chi connectivity index (χ4v) is 3.42. The van der Waals surface area contributed by atoms with Crippen LogP contribution in [0.2, 0.25) is 0 Å². The number of likely N-dealkylation sites (N-methyl/N-ethyl adjacent to an activating group) is 1. The molecule has 1 amide bonds. The lowest BCUT2D eigenvalue weighted by Crippen LogP contribution is -2.57. The Morgan fingerprint density at radius 1 is 1.15 bits per heavy atom. The summed E-state index contributed by atoms with van der Waals surface area (Å²) in [5.41, 5.74) is -0.989. The van der Waals surface area contributed by atoms with Crippen molar-refractivity contribution in [1.29, 1.82) is 0 Å². The maximum Gasteiger partial charge on any atom is 0.416 e. The van der Waals surface area contributed by atoms with Gasteiger partial charge in [0.15, 0.2) is 0 Å². The highest BCUT2D eigenvalue weighted by atomic mass is 19.4. The van der Waals surface area contributed by atoms with E-state index in [1.165, 1.54) is 42.3 Å². The van der Waals surface area contributed by atoms with Crippen molar-refractivity contribution >= 4 is 5.91 Å². The van der Waals surface area contributed by atoms with Crippen LogP contribution in [0.25, 0.3) is 0 Å². The van der Waals surface area contributed by atoms with Gasteiger partial charge in [0.25, 0.3) is 0 Å². The average molecular weight is 378 g/mol. The van der Waals surface area contributed by atoms with Gasteiger partial charge >= 0.3 is 6.18 Å². The van der Waals surface area contributed by atoms with E-state index in [1.807, 2.05) is 0 Å². The molecule has 2 atom stereocenters. The lowest BCUT2D eigenvalue weighted by molar-refractivity contribution is -0.137. The SMILES string of the molecule is C=C1N[C@](C)(c2cccc(F)c2)[C@@H](c2ccc(C(F)(F)F)cc2)C(=O)N1C. The van der Waals surface area contributed by atoms with E-state index in [0.29, 0.717) is 16.9 Å². The molecule has 1 saturated heterocycles. The molecule has 0 aliphatic carbocycles. The number of hydrogen-bond acceptors (Lipinski definition) is 2. The minimum Gasteiger partial charge on any atom is -0.361 e. The Labute approximate surface area is 154 Å². The highest BCUT2D eigenvalue weighted by Gasteiger charge is 2.47. The van der Waals surface area contributed by atoms with Gasteiger partial charge in [-0.25, -0.2) is 4.39 Å². The first kappa shape index (κ1) is 18.9. The van der Waals surface area contributed by atoms with Gasteiger partial charge in [-0.2, -0.15) is 13.2 Å². The van der Waals surface area contributed by atoms with E-state index in [9.17, 15) is 22.4 Å². The minimum atomic E-state index is -4.47. The zero-order valence-corrected chi connectivity index (χ0v) is 14.8. The summed E-state index contributed by atoms with van der Waals surface area (Å²) >= 11 is 0. The second-order valence-corrected chi connectivity index (χ2v) is 6.73. The van der Waals surface area contributed by atoms with Crippen LogP contribution in [0.15, 0.2) is 60.9 Å². The van der Waals surface area contributed by atoms with E-state index in [2.05, 4.69) is 11.9 Å². The first-order valence-electron chi connectivity index (χ1n) is 8.22. The number of benzene rings is 2. The number of rotatable bonds is 2. The van der Waals surface area contributed by atoms with Crippen molar-refractivity contribution in [3.8, 4) is 0 Å². The van der Waals surface area contributed by atoms with Crippen molar-refractivity contribution in [3.05, 3.63) is 83.4 Å². The molecule has 3 rings (SSSR count). The number of alkyl halides is 3. The van der Waals surface area contributed by atoms with Crippen LogP contribution in [0.3, 0.4) is 0 Å². The van der Waals surface area contributed by atoms with Gasteiger partial charge in [-0.1, -0.05) is 30.8 Å². The van der Waals surface area contributed by atoms with Crippen molar-refractivity contribution in [2.75, 3.05) is 7.05 Å². The van der Waals surface area contributed by atoms with Gasteiger partial charge in [-0.15, -0.1) is 0 Å². The van der Waals surface area contributed by atoms with E-state index in [1.54, 1.807) is 13.0 Å². The molecule has 0 unspecified atom stereocenters. The maximum absolute atomic E-state index is 13.8. The number of nitrogens with one attached hydrogen (secondary N) is 1. The zero-order chi connectivity index (χ0) is 20.0. The third-order valence-electron chi connectivity index (χ3n) is 4.96. The standard InChI is InChI=1S/C20H18F4N2O/c1-12-25-19(2,15-5-4-6-16(21)11-15)17(18(27)26(12)3)13-7-9-14(10-8-13)20(22,23)24/h4-11,17,25H,1H2,2-3H3/t17-,19+/m0/s1. The van der Waals surface area contributed by atoms with Crippen molar-refractivity contribution < 1.29 is 22.4 Å². The molecule has 1 aliphatic heterocycles. The summed E-state index contributed by atoms with van der Waals surface area (Å²) in [6, 6.07) is 10.2. The number of carbonyl (C=O) groups is 1. The van der Waals surface area contributed by atoms with E-state index in [4.69, 9.17) is 0 Å². The molecular formula is C20H18F4N2O. The topological polar surface area (TPSA) is 32.3 Å². The lowest BCUT2D eigenvalue weighted by atomic mass is 9.73. The van der Waals surface area contributed by atoms with Gasteiger partial charge < -0.3 is 10.2 Å². The minimum absolute atomic E-state index is 0.329. The van der Waals surface area contributed by atoms with Crippen LogP contribution in [0, 0.1) is 5.82 Å². The number of nitrogens with zero attached hydrogens (tertiary/aromatic N) is 1. The summed E-state index contributed by atoms with van der Waals surface area (Å²) in [5.74, 6) is -1.35. The summed E-state index contributed by atoms with van der Waals surface area (Å²) in [7, 11) is 1.53. The Bertz CT molecular complexity index is 892. The Morgan fingerprint density at radius 2 is 1.78 bits per heavy atom. The first-order chi connectivity index (χ1) is 12.5. The molecule has 0 radical (unpaired) electrons. The Hall–Kier alpha value is -2.83. The highest BCUT2D eigenvalue weighted by Crippen LogP contribution is 2.43. The second-order valence-electron chi connectivity index (χ2n) is 6.73. The summed E-state index contributed by atoms with van der Waals surface area (Å²) in [6.45, 7) is 5.52. The normalized spacial score (nSPS) is 23.3. The van der Waals surface area contributed by atoms with Crippen molar-refractivity contribution in [3.63, 3.8) is 0 Å². The molecule has 3 nitrogen and oxygen atoms in total. The molecule has 2 aromatic carbocycles. The van der Waals surface area contributed by atoms with Crippen LogP contribution in [-0.4, -0.2) is 17.9 Å². The third-order valence-corrected chi connectivity index (χ3v) is 4.96. The molecule has 1 heterocycles. The molecule has 0 bridgehead atoms. The van der Waals surface area contributed by atoms with Crippen LogP contribution in [0.1, 0.15) is 29.5 Å². The number of halogens is 4. The van der Waals surface area contributed by atoms with E-state index in [0.717, 1.165) is 12.1 Å². The molecule has 0 spiro atoms. The van der Waals surface area contributed by atoms with E-state index >= 15 is 0 Å². The van der Waals surface area contributed by atoms with E-state index in [-0.39, 0.29) is 5.91 Å². The monoisotopic (exact) mass is 378 g/mol. The number of hydrogen-bond donors (Lipinski definition) is 1. The van der Waals surface area contributed by atoms with Crippen LogP contribution < -0.4 is 5.32 Å². The van der Waals surface area contributed by atoms with Crippen molar-refractivity contribution in [2.24, 2.45) is 0 Å². The zero-order valence-electron chi connectivity index (χ0n) is 14.8. The summed E-state index contributed by atoms with van der Waals surface area (Å²) < 4.78 is 52.4. The van der Waals surface area contributed by atoms with Gasteiger partial charge in [0.2, 0.25) is 5.91 Å². The fourth-order valence-electron chi connectivity index (χ4n) is 3.42. The summed E-state index contributed by atoms with van der Waals surface area (Å²) in [5, 5.41) is 3.13. The molecule has 27 heavy (non-hydrogen) atoms. The van der Waals surface area contributed by atoms with Gasteiger partial charge in [0.1, 0.15) is 11.6 Å². The summed E-state index contributed by atoms with van der Waals surface area (Å²) in [6.07, 6.45) is -4.47. The second kappa shape index (κ2) is 6.40. The van der Waals surface area contributed by atoms with Crippen molar-refractivity contribution in [1.82, 2.24) is 10.2 Å². The van der Waals surface area contributed by atoms with Crippen LogP contribution in [0.4, 0.5) is 17.6 Å². The smallest absolute Gasteiger partial charge is 0.361 e.